The van der Waals surface area contributed by atoms with Crippen molar-refractivity contribution < 1.29 is 19.1 Å². The van der Waals surface area contributed by atoms with E-state index in [0.29, 0.717) is 26.2 Å². The number of ether oxygens (including phenoxy) is 2. The number of nitrogens with one attached hydrogen (secondary N) is 1. The standard InChI is InChI=1S/C12H21N3O4/c1-18-9-8-15(7-4-12(17)19-2)10-11(16)14-6-3-5-13/h3-4,6-10H2,1-2H3,(H,14,16). The second-order valence-corrected chi connectivity index (χ2v) is 3.85. The van der Waals surface area contributed by atoms with Gasteiger partial charge in [0.1, 0.15) is 0 Å². The van der Waals surface area contributed by atoms with Crippen LogP contribution in [0.25, 0.3) is 0 Å². The highest BCUT2D eigenvalue weighted by atomic mass is 16.5. The maximum atomic E-state index is 11.6. The topological polar surface area (TPSA) is 91.7 Å². The maximum absolute atomic E-state index is 11.6. The van der Waals surface area contributed by atoms with E-state index < -0.39 is 0 Å². The smallest absolute Gasteiger partial charge is 0.306 e. The molecule has 108 valence electrons. The molecule has 0 spiro atoms. The van der Waals surface area contributed by atoms with Gasteiger partial charge in [-0.3, -0.25) is 14.5 Å². The molecule has 0 aromatic carbocycles. The molecule has 7 nitrogen and oxygen atoms in total. The molecule has 0 unspecified atom stereocenters. The van der Waals surface area contributed by atoms with E-state index in [9.17, 15) is 9.59 Å². The average molecular weight is 271 g/mol. The lowest BCUT2D eigenvalue weighted by atomic mass is 10.3. The zero-order valence-corrected chi connectivity index (χ0v) is 11.5. The summed E-state index contributed by atoms with van der Waals surface area (Å²) in [6.07, 6.45) is 0.512. The second-order valence-electron chi connectivity index (χ2n) is 3.85. The molecule has 0 aliphatic rings. The summed E-state index contributed by atoms with van der Waals surface area (Å²) in [4.78, 5) is 24.5. The number of esters is 1. The minimum Gasteiger partial charge on any atom is -0.469 e. The lowest BCUT2D eigenvalue weighted by Crippen LogP contribution is -2.40. The molecule has 0 saturated heterocycles. The van der Waals surface area contributed by atoms with E-state index in [-0.39, 0.29) is 31.3 Å². The monoisotopic (exact) mass is 271 g/mol. The zero-order chi connectivity index (χ0) is 14.5. The van der Waals surface area contributed by atoms with Crippen LogP contribution in [0.1, 0.15) is 12.8 Å². The number of carbonyl (C=O) groups excluding carboxylic acids is 2. The van der Waals surface area contributed by atoms with Crippen molar-refractivity contribution in [1.82, 2.24) is 10.2 Å². The van der Waals surface area contributed by atoms with E-state index in [0.717, 1.165) is 0 Å². The first-order chi connectivity index (χ1) is 9.13. The Bertz CT molecular complexity index is 315. The number of methoxy groups -OCH3 is 2. The van der Waals surface area contributed by atoms with Crippen LogP contribution < -0.4 is 5.32 Å². The molecular weight excluding hydrogens is 250 g/mol. The molecule has 0 fully saturated rings. The normalized spacial score (nSPS) is 10.0. The summed E-state index contributed by atoms with van der Waals surface area (Å²) in [6, 6.07) is 1.95. The van der Waals surface area contributed by atoms with Gasteiger partial charge in [-0.1, -0.05) is 0 Å². The first kappa shape index (κ1) is 17.4. The molecule has 1 amide bonds. The summed E-state index contributed by atoms with van der Waals surface area (Å²) in [5.74, 6) is -0.483. The lowest BCUT2D eigenvalue weighted by molar-refractivity contribution is -0.141. The fourth-order valence-corrected chi connectivity index (χ4v) is 1.36. The van der Waals surface area contributed by atoms with Crippen molar-refractivity contribution in [3.05, 3.63) is 0 Å². The first-order valence-corrected chi connectivity index (χ1v) is 6.05. The molecule has 0 aromatic heterocycles. The van der Waals surface area contributed by atoms with Gasteiger partial charge in [0, 0.05) is 26.7 Å². The zero-order valence-electron chi connectivity index (χ0n) is 11.5. The molecule has 7 heteroatoms. The molecule has 0 radical (unpaired) electrons. The maximum Gasteiger partial charge on any atom is 0.306 e. The molecule has 1 N–H and O–H groups in total. The van der Waals surface area contributed by atoms with Crippen molar-refractivity contribution in [2.45, 2.75) is 12.8 Å². The summed E-state index contributed by atoms with van der Waals surface area (Å²) >= 11 is 0. The highest BCUT2D eigenvalue weighted by Gasteiger charge is 2.12. The number of hydrogen-bond donors (Lipinski definition) is 1. The average Bonchev–Trinajstić information content (AvgIpc) is 2.41. The number of carbonyl (C=O) groups is 2. The second kappa shape index (κ2) is 11.4. The van der Waals surface area contributed by atoms with E-state index in [4.69, 9.17) is 10.00 Å². The number of nitrogens with zero attached hydrogens (tertiary/aromatic N) is 2. The van der Waals surface area contributed by atoms with Crippen LogP contribution in [-0.2, 0) is 19.1 Å². The molecule has 0 atom stereocenters. The Morgan fingerprint density at radius 3 is 2.63 bits per heavy atom. The third-order valence-electron chi connectivity index (χ3n) is 2.40. The predicted octanol–water partition coefficient (Wildman–Crippen LogP) is -0.472. The predicted molar refractivity (Wildman–Crippen MR) is 68.2 cm³/mol. The first-order valence-electron chi connectivity index (χ1n) is 6.05. The number of amides is 1. The largest absolute Gasteiger partial charge is 0.469 e. The highest BCUT2D eigenvalue weighted by Crippen LogP contribution is 1.94. The minimum absolute atomic E-state index is 0.170. The van der Waals surface area contributed by atoms with Gasteiger partial charge in [0.15, 0.2) is 0 Å². The fraction of sp³-hybridized carbons (Fsp3) is 0.750. The van der Waals surface area contributed by atoms with Gasteiger partial charge >= 0.3 is 5.97 Å². The van der Waals surface area contributed by atoms with Crippen molar-refractivity contribution in [3.8, 4) is 6.07 Å². The molecule has 0 bridgehead atoms. The number of rotatable bonds is 10. The molecule has 0 aromatic rings. The Kier molecular flexibility index (Phi) is 10.4. The molecule has 0 rings (SSSR count). The van der Waals surface area contributed by atoms with Crippen LogP contribution in [0.5, 0.6) is 0 Å². The minimum atomic E-state index is -0.313. The Balaban J connectivity index is 4.06. The summed E-state index contributed by atoms with van der Waals surface area (Å²) in [5, 5.41) is 11.0. The van der Waals surface area contributed by atoms with Crippen molar-refractivity contribution >= 4 is 11.9 Å². The quantitative estimate of drug-likeness (QED) is 0.426. The van der Waals surface area contributed by atoms with Crippen molar-refractivity contribution in [2.75, 3.05) is 47.0 Å². The van der Waals surface area contributed by atoms with E-state index in [1.54, 1.807) is 7.11 Å². The van der Waals surface area contributed by atoms with E-state index >= 15 is 0 Å². The molecule has 0 saturated carbocycles. The Labute approximate surface area is 113 Å². The lowest BCUT2D eigenvalue weighted by Gasteiger charge is -2.20. The molecule has 0 aliphatic heterocycles. The summed E-state index contributed by atoms with van der Waals surface area (Å²) < 4.78 is 9.51. The Morgan fingerprint density at radius 1 is 1.32 bits per heavy atom. The number of hydrogen-bond acceptors (Lipinski definition) is 6. The van der Waals surface area contributed by atoms with Crippen LogP contribution in [0.2, 0.25) is 0 Å². The van der Waals surface area contributed by atoms with Crippen LogP contribution in [0.3, 0.4) is 0 Å². The van der Waals surface area contributed by atoms with Crippen LogP contribution in [0.4, 0.5) is 0 Å². The van der Waals surface area contributed by atoms with Crippen molar-refractivity contribution in [3.63, 3.8) is 0 Å². The van der Waals surface area contributed by atoms with Crippen LogP contribution in [0.15, 0.2) is 0 Å². The van der Waals surface area contributed by atoms with Crippen LogP contribution in [-0.4, -0.2) is 63.8 Å². The van der Waals surface area contributed by atoms with Gasteiger partial charge in [0.05, 0.1) is 39.2 Å². The van der Waals surface area contributed by atoms with Gasteiger partial charge in [-0.25, -0.2) is 0 Å². The third-order valence-corrected chi connectivity index (χ3v) is 2.40. The van der Waals surface area contributed by atoms with Gasteiger partial charge < -0.3 is 14.8 Å². The van der Waals surface area contributed by atoms with Gasteiger partial charge in [-0.2, -0.15) is 5.26 Å². The summed E-state index contributed by atoms with van der Waals surface area (Å²) in [5.41, 5.74) is 0. The van der Waals surface area contributed by atoms with Gasteiger partial charge in [0.25, 0.3) is 0 Å². The summed E-state index contributed by atoms with van der Waals surface area (Å²) in [6.45, 7) is 1.98. The van der Waals surface area contributed by atoms with Crippen LogP contribution >= 0.6 is 0 Å². The fourth-order valence-electron chi connectivity index (χ4n) is 1.36. The van der Waals surface area contributed by atoms with Gasteiger partial charge in [0.2, 0.25) is 5.91 Å². The van der Waals surface area contributed by atoms with Crippen LogP contribution in [0, 0.1) is 11.3 Å². The van der Waals surface area contributed by atoms with Crippen molar-refractivity contribution in [2.24, 2.45) is 0 Å². The Hall–Kier alpha value is -1.65. The molecule has 0 heterocycles. The van der Waals surface area contributed by atoms with E-state index in [2.05, 4.69) is 10.1 Å². The van der Waals surface area contributed by atoms with Gasteiger partial charge in [-0.05, 0) is 0 Å². The Morgan fingerprint density at radius 2 is 2.05 bits per heavy atom. The SMILES string of the molecule is COCCN(CCC(=O)OC)CC(=O)NCCC#N. The number of nitriles is 1. The highest BCUT2D eigenvalue weighted by molar-refractivity contribution is 5.78. The molecular formula is C12H21N3O4. The van der Waals surface area contributed by atoms with E-state index in [1.165, 1.54) is 7.11 Å². The molecule has 0 aliphatic carbocycles. The van der Waals surface area contributed by atoms with E-state index in [1.807, 2.05) is 11.0 Å². The molecule has 19 heavy (non-hydrogen) atoms. The van der Waals surface area contributed by atoms with Crippen molar-refractivity contribution in [1.29, 1.82) is 5.26 Å². The summed E-state index contributed by atoms with van der Waals surface area (Å²) in [7, 11) is 2.90. The van der Waals surface area contributed by atoms with Gasteiger partial charge in [-0.15, -0.1) is 0 Å². The third kappa shape index (κ3) is 10.00.